The number of isocyanates is 1. The highest BCUT2D eigenvalue weighted by atomic mass is 16.5. The van der Waals surface area contributed by atoms with Gasteiger partial charge in [0.2, 0.25) is 6.08 Å². The van der Waals surface area contributed by atoms with Crippen molar-refractivity contribution in [1.29, 1.82) is 5.26 Å². The van der Waals surface area contributed by atoms with Crippen LogP contribution in [0, 0.1) is 11.5 Å². The fourth-order valence-corrected chi connectivity index (χ4v) is 4.85. The van der Waals surface area contributed by atoms with E-state index in [1.54, 1.807) is 30.5 Å². The summed E-state index contributed by atoms with van der Waals surface area (Å²) in [5, 5.41) is 8.54. The summed E-state index contributed by atoms with van der Waals surface area (Å²) in [7, 11) is 0. The molecule has 248 valence electrons. The molecule has 0 amide bonds. The first kappa shape index (κ1) is 37.7. The highest BCUT2D eigenvalue weighted by Crippen LogP contribution is 2.21. The van der Waals surface area contributed by atoms with E-state index in [9.17, 15) is 19.2 Å². The van der Waals surface area contributed by atoms with E-state index in [2.05, 4.69) is 11.9 Å². The van der Waals surface area contributed by atoms with Crippen LogP contribution in [0.4, 0.5) is 5.69 Å². The Morgan fingerprint density at radius 2 is 1.13 bits per heavy atom. The molecule has 0 aliphatic rings. The molecule has 1 atom stereocenters. The van der Waals surface area contributed by atoms with Crippen molar-refractivity contribution in [1.82, 2.24) is 0 Å². The number of carbonyl (C=O) groups is 3. The zero-order valence-corrected chi connectivity index (χ0v) is 26.9. The van der Waals surface area contributed by atoms with Gasteiger partial charge in [0.25, 0.3) is 6.26 Å². The summed E-state index contributed by atoms with van der Waals surface area (Å²) in [5.41, 5.74) is 0.461. The predicted molar refractivity (Wildman–Crippen MR) is 172 cm³/mol. The van der Waals surface area contributed by atoms with Crippen LogP contribution in [-0.2, 0) is 23.9 Å². The fraction of sp³-hybridized carbons (Fsp3) is 0.528. The molecule has 10 nitrogen and oxygen atoms in total. The third-order valence-electron chi connectivity index (χ3n) is 7.33. The molecule has 0 bridgehead atoms. The minimum atomic E-state index is -0.528. The number of carbonyl (C=O) groups excluding carboxylic acids is 4. The van der Waals surface area contributed by atoms with Crippen LogP contribution in [0.3, 0.4) is 0 Å². The lowest BCUT2D eigenvalue weighted by molar-refractivity contribution is -0.152. The van der Waals surface area contributed by atoms with Gasteiger partial charge in [0.05, 0.1) is 18.5 Å². The Kier molecular flexibility index (Phi) is 19.5. The molecule has 0 aromatic heterocycles. The van der Waals surface area contributed by atoms with Gasteiger partial charge < -0.3 is 18.9 Å². The quantitative estimate of drug-likeness (QED) is 0.0277. The van der Waals surface area contributed by atoms with Crippen LogP contribution in [0.25, 0.3) is 0 Å². The van der Waals surface area contributed by atoms with Gasteiger partial charge in [-0.15, -0.1) is 5.26 Å². The van der Waals surface area contributed by atoms with Gasteiger partial charge in [-0.2, -0.15) is 4.99 Å². The number of rotatable bonds is 24. The van der Waals surface area contributed by atoms with Crippen molar-refractivity contribution in [2.45, 2.75) is 122 Å². The molecule has 10 heteroatoms. The van der Waals surface area contributed by atoms with Crippen LogP contribution in [-0.4, -0.2) is 30.1 Å². The van der Waals surface area contributed by atoms with Crippen molar-refractivity contribution in [3.05, 3.63) is 48.5 Å². The summed E-state index contributed by atoms with van der Waals surface area (Å²) in [4.78, 5) is 50.5. The molecule has 0 radical (unpaired) electrons. The topological polar surface area (TPSA) is 141 Å². The van der Waals surface area contributed by atoms with Crippen molar-refractivity contribution in [2.24, 2.45) is 4.99 Å². The third-order valence-corrected chi connectivity index (χ3v) is 7.33. The van der Waals surface area contributed by atoms with E-state index in [-0.39, 0.29) is 30.9 Å². The fourth-order valence-electron chi connectivity index (χ4n) is 4.85. The lowest BCUT2D eigenvalue weighted by Crippen LogP contribution is -2.20. The molecule has 0 saturated carbocycles. The molecule has 0 saturated heterocycles. The second-order valence-electron chi connectivity index (χ2n) is 11.1. The molecular weight excluding hydrogens is 588 g/mol. The maximum absolute atomic E-state index is 12.5. The van der Waals surface area contributed by atoms with Crippen LogP contribution in [0.15, 0.2) is 53.5 Å². The van der Waals surface area contributed by atoms with Gasteiger partial charge in [-0.3, -0.25) is 14.4 Å². The third kappa shape index (κ3) is 17.7. The standard InChI is InChI=1S/C36H46N2O8/c1-2-3-4-11-14-31(44-35(41)25-26-36(42)46-33-23-21-30(22-24-33)43-27-37)15-12-9-7-5-6-8-10-13-16-34(40)45-32-19-17-29(18-20-32)38-28-39/h17-24,31H,2-16,25-26H2,1H3/t31-/m1/s1. The van der Waals surface area contributed by atoms with E-state index in [1.165, 1.54) is 30.3 Å². The van der Waals surface area contributed by atoms with E-state index in [1.807, 2.05) is 0 Å². The van der Waals surface area contributed by atoms with E-state index < -0.39 is 5.97 Å². The maximum atomic E-state index is 12.5. The first-order chi connectivity index (χ1) is 22.4. The molecule has 0 aliphatic heterocycles. The predicted octanol–water partition coefficient (Wildman–Crippen LogP) is 8.59. The van der Waals surface area contributed by atoms with Gasteiger partial charge in [-0.25, -0.2) is 4.79 Å². The van der Waals surface area contributed by atoms with Crippen LogP contribution in [0.1, 0.15) is 116 Å². The van der Waals surface area contributed by atoms with Crippen molar-refractivity contribution in [3.63, 3.8) is 0 Å². The Labute approximate surface area is 272 Å². The Balaban J connectivity index is 1.57. The summed E-state index contributed by atoms with van der Waals surface area (Å²) in [6.45, 7) is 2.16. The van der Waals surface area contributed by atoms with E-state index in [0.717, 1.165) is 89.9 Å². The minimum Gasteiger partial charge on any atom is -0.462 e. The number of nitrogens with zero attached hydrogens (tertiary/aromatic N) is 2. The minimum absolute atomic E-state index is 0.0389. The molecule has 2 aromatic carbocycles. The molecule has 46 heavy (non-hydrogen) atoms. The lowest BCUT2D eigenvalue weighted by atomic mass is 10.0. The Morgan fingerprint density at radius 1 is 0.652 bits per heavy atom. The van der Waals surface area contributed by atoms with Gasteiger partial charge >= 0.3 is 17.9 Å². The molecule has 0 N–H and O–H groups in total. The SMILES string of the molecule is CCCCCC[C@H](CCCCCCCCCCC(=O)Oc1ccc(N=C=O)cc1)OC(=O)CCC(=O)Oc1ccc(OC#N)cc1. The van der Waals surface area contributed by atoms with Crippen LogP contribution in [0.2, 0.25) is 0 Å². The number of hydrogen-bond acceptors (Lipinski definition) is 10. The maximum Gasteiger partial charge on any atom is 0.311 e. The first-order valence-electron chi connectivity index (χ1n) is 16.4. The van der Waals surface area contributed by atoms with Crippen molar-refractivity contribution >= 4 is 29.7 Å². The molecule has 2 rings (SSSR count). The molecule has 0 unspecified atom stereocenters. The van der Waals surface area contributed by atoms with Crippen LogP contribution >= 0.6 is 0 Å². The summed E-state index contributed by atoms with van der Waals surface area (Å²) in [6, 6.07) is 12.5. The van der Waals surface area contributed by atoms with Gasteiger partial charge in [0.1, 0.15) is 23.4 Å². The number of ether oxygens (including phenoxy) is 4. The number of nitriles is 1. The Bertz CT molecular complexity index is 1260. The Morgan fingerprint density at radius 3 is 1.70 bits per heavy atom. The lowest BCUT2D eigenvalue weighted by Gasteiger charge is -2.18. The summed E-state index contributed by atoms with van der Waals surface area (Å²) in [5.74, 6) is -0.101. The zero-order chi connectivity index (χ0) is 33.2. The number of aliphatic imine (C=N–C) groups is 1. The molecular formula is C36H46N2O8. The van der Waals surface area contributed by atoms with Crippen LogP contribution < -0.4 is 14.2 Å². The second-order valence-corrected chi connectivity index (χ2v) is 11.1. The molecule has 2 aromatic rings. The summed E-state index contributed by atoms with van der Waals surface area (Å²) >= 11 is 0. The largest absolute Gasteiger partial charge is 0.462 e. The van der Waals surface area contributed by atoms with Crippen molar-refractivity contribution < 1.29 is 38.1 Å². The van der Waals surface area contributed by atoms with E-state index >= 15 is 0 Å². The van der Waals surface area contributed by atoms with Gasteiger partial charge in [-0.1, -0.05) is 64.7 Å². The number of esters is 3. The average Bonchev–Trinajstić information content (AvgIpc) is 3.05. The van der Waals surface area contributed by atoms with Gasteiger partial charge in [-0.05, 0) is 80.6 Å². The average molecular weight is 635 g/mol. The molecule has 0 fully saturated rings. The van der Waals surface area contributed by atoms with Crippen molar-refractivity contribution in [3.8, 4) is 23.5 Å². The van der Waals surface area contributed by atoms with E-state index in [4.69, 9.17) is 24.2 Å². The number of unbranched alkanes of at least 4 members (excludes halogenated alkanes) is 10. The Hall–Kier alpha value is -4.48. The van der Waals surface area contributed by atoms with Crippen molar-refractivity contribution in [2.75, 3.05) is 0 Å². The van der Waals surface area contributed by atoms with E-state index in [0.29, 0.717) is 29.4 Å². The monoisotopic (exact) mass is 634 g/mol. The summed E-state index contributed by atoms with van der Waals surface area (Å²) in [6.07, 6.45) is 17.4. The molecule has 0 aliphatic carbocycles. The van der Waals surface area contributed by atoms with Gasteiger partial charge in [0.15, 0.2) is 0 Å². The smallest absolute Gasteiger partial charge is 0.311 e. The number of benzene rings is 2. The highest BCUT2D eigenvalue weighted by Gasteiger charge is 2.16. The second kappa shape index (κ2) is 23.8. The highest BCUT2D eigenvalue weighted by molar-refractivity contribution is 5.79. The molecule has 0 heterocycles. The molecule has 0 spiro atoms. The summed E-state index contributed by atoms with van der Waals surface area (Å²) < 4.78 is 21.0. The van der Waals surface area contributed by atoms with Crippen LogP contribution in [0.5, 0.6) is 17.2 Å². The zero-order valence-electron chi connectivity index (χ0n) is 26.9. The van der Waals surface area contributed by atoms with Gasteiger partial charge in [0, 0.05) is 6.42 Å². The number of hydrogen-bond donors (Lipinski definition) is 0. The first-order valence-corrected chi connectivity index (χ1v) is 16.4. The normalized spacial score (nSPS) is 11.0.